The number of carbonyl (C=O) groups is 1. The minimum atomic E-state index is -2.92. The summed E-state index contributed by atoms with van der Waals surface area (Å²) in [4.78, 5) is 18.6. The van der Waals surface area contributed by atoms with E-state index >= 15 is 0 Å². The smallest absolute Gasteiger partial charge is 0.323 e. The summed E-state index contributed by atoms with van der Waals surface area (Å²) in [5.74, 6) is -4.14. The highest BCUT2D eigenvalue weighted by molar-refractivity contribution is 7.15. The first-order valence-corrected chi connectivity index (χ1v) is 7.96. The number of amides is 2. The van der Waals surface area contributed by atoms with E-state index in [1.165, 1.54) is 16.2 Å². The van der Waals surface area contributed by atoms with Crippen LogP contribution in [0.4, 0.5) is 18.7 Å². The summed E-state index contributed by atoms with van der Waals surface area (Å²) in [6, 6.07) is -0.455. The Hall–Kier alpha value is -1.28. The molecule has 0 radical (unpaired) electrons. The van der Waals surface area contributed by atoms with Crippen LogP contribution in [-0.4, -0.2) is 46.6 Å². The molecule has 1 fully saturated rings. The van der Waals surface area contributed by atoms with Gasteiger partial charge in [0.25, 0.3) is 5.92 Å². The van der Waals surface area contributed by atoms with Crippen LogP contribution < -0.4 is 5.32 Å². The number of aromatic nitrogens is 1. The van der Waals surface area contributed by atoms with E-state index in [9.17, 15) is 13.6 Å². The average molecular weight is 333 g/mol. The summed E-state index contributed by atoms with van der Waals surface area (Å²) in [5.41, 5.74) is -0.0597. The molecule has 2 heterocycles. The predicted octanol–water partition coefficient (Wildman–Crippen LogP) is 2.92. The number of nitrogens with one attached hydrogen (secondary N) is 1. The number of rotatable bonds is 2. The van der Waals surface area contributed by atoms with E-state index in [4.69, 9.17) is 5.11 Å². The second kappa shape index (κ2) is 6.08. The van der Waals surface area contributed by atoms with Crippen LogP contribution in [0.5, 0.6) is 0 Å². The fourth-order valence-electron chi connectivity index (χ4n) is 2.20. The molecule has 0 bridgehead atoms. The zero-order valence-corrected chi connectivity index (χ0v) is 13.7. The SMILES string of the molecule is CC(C)(C)c1cnc(NC(=O)N2CCC(F)(F)C(CO)C2)s1. The summed E-state index contributed by atoms with van der Waals surface area (Å²) in [6.07, 6.45) is 1.28. The van der Waals surface area contributed by atoms with Crippen LogP contribution in [0.15, 0.2) is 6.20 Å². The number of urea groups is 1. The van der Waals surface area contributed by atoms with Crippen LogP contribution in [0, 0.1) is 5.92 Å². The van der Waals surface area contributed by atoms with Crippen LogP contribution >= 0.6 is 11.3 Å². The number of aliphatic hydroxyl groups is 1. The molecule has 0 saturated carbocycles. The van der Waals surface area contributed by atoms with Crippen LogP contribution in [0.25, 0.3) is 0 Å². The number of aliphatic hydroxyl groups excluding tert-OH is 1. The Kier molecular flexibility index (Phi) is 4.72. The Morgan fingerprint density at radius 1 is 1.59 bits per heavy atom. The van der Waals surface area contributed by atoms with Crippen LogP contribution in [0.3, 0.4) is 0 Å². The van der Waals surface area contributed by atoms with Gasteiger partial charge in [-0.15, -0.1) is 11.3 Å². The van der Waals surface area contributed by atoms with Gasteiger partial charge < -0.3 is 10.0 Å². The van der Waals surface area contributed by atoms with Crippen molar-refractivity contribution in [3.05, 3.63) is 11.1 Å². The highest BCUT2D eigenvalue weighted by Gasteiger charge is 2.44. The molecule has 1 unspecified atom stereocenters. The van der Waals surface area contributed by atoms with Gasteiger partial charge in [0.15, 0.2) is 5.13 Å². The molecule has 1 atom stereocenters. The first-order chi connectivity index (χ1) is 10.1. The van der Waals surface area contributed by atoms with Gasteiger partial charge in [0.1, 0.15) is 0 Å². The van der Waals surface area contributed by atoms with Gasteiger partial charge >= 0.3 is 6.03 Å². The summed E-state index contributed by atoms with van der Waals surface area (Å²) >= 11 is 1.37. The number of hydrogen-bond acceptors (Lipinski definition) is 4. The van der Waals surface area contributed by atoms with E-state index in [0.717, 1.165) is 4.88 Å². The van der Waals surface area contributed by atoms with E-state index in [2.05, 4.69) is 10.3 Å². The lowest BCUT2D eigenvalue weighted by atomic mass is 9.94. The average Bonchev–Trinajstić information content (AvgIpc) is 2.86. The molecule has 0 spiro atoms. The molecule has 2 rings (SSSR count). The minimum Gasteiger partial charge on any atom is -0.396 e. The van der Waals surface area contributed by atoms with Gasteiger partial charge in [0.2, 0.25) is 0 Å². The van der Waals surface area contributed by atoms with E-state index in [1.54, 1.807) is 6.20 Å². The largest absolute Gasteiger partial charge is 0.396 e. The predicted molar refractivity (Wildman–Crippen MR) is 81.5 cm³/mol. The van der Waals surface area contributed by atoms with Gasteiger partial charge in [0, 0.05) is 30.6 Å². The second-order valence-electron chi connectivity index (χ2n) is 6.55. The number of thiazole rings is 1. The Bertz CT molecular complexity index is 542. The monoisotopic (exact) mass is 333 g/mol. The van der Waals surface area contributed by atoms with Gasteiger partial charge in [-0.2, -0.15) is 0 Å². The lowest BCUT2D eigenvalue weighted by Gasteiger charge is -2.37. The molecule has 124 valence electrons. The summed E-state index contributed by atoms with van der Waals surface area (Å²) < 4.78 is 27.1. The highest BCUT2D eigenvalue weighted by Crippen LogP contribution is 2.34. The summed E-state index contributed by atoms with van der Waals surface area (Å²) in [5, 5.41) is 12.2. The molecule has 0 aliphatic carbocycles. The number of anilines is 1. The van der Waals surface area contributed by atoms with Crippen molar-refractivity contribution in [3.63, 3.8) is 0 Å². The number of alkyl halides is 2. The molecule has 5 nitrogen and oxygen atoms in total. The van der Waals surface area contributed by atoms with E-state index < -0.39 is 30.9 Å². The van der Waals surface area contributed by atoms with Gasteiger partial charge in [-0.25, -0.2) is 18.6 Å². The maximum atomic E-state index is 13.5. The van der Waals surface area contributed by atoms with Crippen LogP contribution in [0.1, 0.15) is 32.1 Å². The van der Waals surface area contributed by atoms with Gasteiger partial charge in [-0.05, 0) is 5.41 Å². The van der Waals surface area contributed by atoms with Crippen molar-refractivity contribution in [3.8, 4) is 0 Å². The quantitative estimate of drug-likeness (QED) is 0.874. The van der Waals surface area contributed by atoms with Gasteiger partial charge in [0.05, 0.1) is 12.5 Å². The molecule has 8 heteroatoms. The third-order valence-electron chi connectivity index (χ3n) is 3.72. The topological polar surface area (TPSA) is 65.5 Å². The maximum Gasteiger partial charge on any atom is 0.323 e. The van der Waals surface area contributed by atoms with Crippen LogP contribution in [-0.2, 0) is 5.41 Å². The second-order valence-corrected chi connectivity index (χ2v) is 7.58. The molecule has 22 heavy (non-hydrogen) atoms. The number of likely N-dealkylation sites (tertiary alicyclic amines) is 1. The summed E-state index contributed by atoms with van der Waals surface area (Å²) in [6.45, 7) is 5.31. The Labute approximate surface area is 132 Å². The van der Waals surface area contributed by atoms with Crippen molar-refractivity contribution in [1.82, 2.24) is 9.88 Å². The van der Waals surface area contributed by atoms with Crippen molar-refractivity contribution in [2.45, 2.75) is 38.5 Å². The molecular formula is C14H21F2N3O2S. The lowest BCUT2D eigenvalue weighted by Crippen LogP contribution is -2.51. The molecule has 1 aliphatic rings. The minimum absolute atomic E-state index is 0.0349. The fourth-order valence-corrected chi connectivity index (χ4v) is 3.07. The van der Waals surface area contributed by atoms with Crippen molar-refractivity contribution < 1.29 is 18.7 Å². The van der Waals surface area contributed by atoms with Crippen molar-refractivity contribution in [2.24, 2.45) is 5.92 Å². The van der Waals surface area contributed by atoms with Gasteiger partial charge in [-0.1, -0.05) is 20.8 Å². The molecule has 1 aliphatic heterocycles. The van der Waals surface area contributed by atoms with Crippen molar-refractivity contribution >= 4 is 22.5 Å². The third-order valence-corrected chi connectivity index (χ3v) is 5.06. The molecular weight excluding hydrogens is 312 g/mol. The van der Waals surface area contributed by atoms with E-state index in [0.29, 0.717) is 5.13 Å². The molecule has 1 aromatic heterocycles. The highest BCUT2D eigenvalue weighted by atomic mass is 32.1. The Morgan fingerprint density at radius 2 is 2.27 bits per heavy atom. The third kappa shape index (κ3) is 3.73. The Morgan fingerprint density at radius 3 is 2.82 bits per heavy atom. The van der Waals surface area contributed by atoms with E-state index in [1.807, 2.05) is 20.8 Å². The normalized spacial score (nSPS) is 21.7. The molecule has 2 N–H and O–H groups in total. The number of carbonyl (C=O) groups excluding carboxylic acids is 1. The van der Waals surface area contributed by atoms with Gasteiger partial charge in [-0.3, -0.25) is 5.32 Å². The molecule has 0 aromatic carbocycles. The molecule has 1 saturated heterocycles. The first kappa shape index (κ1) is 17.1. The van der Waals surface area contributed by atoms with Crippen molar-refractivity contribution in [2.75, 3.05) is 25.0 Å². The maximum absolute atomic E-state index is 13.5. The number of halogens is 2. The number of nitrogens with zero attached hydrogens (tertiary/aromatic N) is 2. The zero-order valence-electron chi connectivity index (χ0n) is 12.9. The van der Waals surface area contributed by atoms with Crippen molar-refractivity contribution in [1.29, 1.82) is 0 Å². The fraction of sp³-hybridized carbons (Fsp3) is 0.714. The first-order valence-electron chi connectivity index (χ1n) is 7.14. The molecule has 2 amide bonds. The molecule has 1 aromatic rings. The lowest BCUT2D eigenvalue weighted by molar-refractivity contribution is -0.111. The Balaban J connectivity index is 1.99. The summed E-state index contributed by atoms with van der Waals surface area (Å²) in [7, 11) is 0. The number of piperidine rings is 1. The number of hydrogen-bond donors (Lipinski definition) is 2. The zero-order chi connectivity index (χ0) is 16.5. The standard InChI is InChI=1S/C14H21F2N3O2S/c1-13(2,3)10-6-17-11(22-10)18-12(21)19-5-4-14(15,16)9(7-19)8-20/h6,9,20H,4-5,7-8H2,1-3H3,(H,17,18,21). The van der Waals surface area contributed by atoms with E-state index in [-0.39, 0.29) is 18.5 Å². The van der Waals surface area contributed by atoms with Crippen LogP contribution in [0.2, 0.25) is 0 Å².